The van der Waals surface area contributed by atoms with Crippen molar-refractivity contribution < 1.29 is 9.32 Å². The SMILES string of the molecule is CC(=O)OP=S. The number of carbonyl (C=O) groups is 1. The van der Waals surface area contributed by atoms with Gasteiger partial charge in [-0.25, -0.2) is 0 Å². The summed E-state index contributed by atoms with van der Waals surface area (Å²) in [5.74, 6) is -0.327. The molecule has 0 amide bonds. The molecule has 0 atom stereocenters. The standard InChI is InChI=1S/C2H3O2PS/c1-2(3)4-5-6/h1H3. The van der Waals surface area contributed by atoms with E-state index in [0.717, 1.165) is 0 Å². The van der Waals surface area contributed by atoms with Crippen LogP contribution in [0.1, 0.15) is 6.92 Å². The van der Waals surface area contributed by atoms with Crippen LogP contribution in [0.15, 0.2) is 0 Å². The normalized spacial score (nSPS) is 8.17. The van der Waals surface area contributed by atoms with Crippen LogP contribution in [0.25, 0.3) is 0 Å². The zero-order valence-electron chi connectivity index (χ0n) is 3.17. The Hall–Kier alpha value is -0.0100. The van der Waals surface area contributed by atoms with E-state index >= 15 is 0 Å². The van der Waals surface area contributed by atoms with Crippen LogP contribution in [0, 0.1) is 0 Å². The van der Waals surface area contributed by atoms with Crippen molar-refractivity contribution in [2.24, 2.45) is 0 Å². The molecule has 0 saturated carbocycles. The first-order valence-corrected chi connectivity index (χ1v) is 3.10. The van der Waals surface area contributed by atoms with Gasteiger partial charge in [-0.15, -0.1) is 0 Å². The van der Waals surface area contributed by atoms with Crippen molar-refractivity contribution in [1.82, 2.24) is 0 Å². The number of carbonyl (C=O) groups excluding carboxylic acids is 1. The third kappa shape index (κ3) is 3.99. The molecule has 0 N–H and O–H groups in total. The molecule has 0 heterocycles. The van der Waals surface area contributed by atoms with Crippen molar-refractivity contribution in [2.75, 3.05) is 0 Å². The first-order valence-electron chi connectivity index (χ1n) is 1.27. The fraction of sp³-hybridized carbons (Fsp3) is 0.500. The van der Waals surface area contributed by atoms with Crippen LogP contribution in [0.3, 0.4) is 0 Å². The summed E-state index contributed by atoms with van der Waals surface area (Å²) in [5.41, 5.74) is 0. The highest BCUT2D eigenvalue weighted by atomic mass is 32.4. The molecule has 0 fully saturated rings. The van der Waals surface area contributed by atoms with Crippen molar-refractivity contribution in [3.63, 3.8) is 0 Å². The minimum absolute atomic E-state index is 0.258. The Morgan fingerprint density at radius 3 is 2.50 bits per heavy atom. The minimum Gasteiger partial charge on any atom is -0.396 e. The van der Waals surface area contributed by atoms with E-state index in [2.05, 4.69) is 16.3 Å². The maximum absolute atomic E-state index is 9.75. The molecule has 0 bridgehead atoms. The van der Waals surface area contributed by atoms with Gasteiger partial charge in [0, 0.05) is 6.92 Å². The van der Waals surface area contributed by atoms with E-state index in [1.54, 1.807) is 0 Å². The van der Waals surface area contributed by atoms with Crippen LogP contribution in [-0.4, -0.2) is 5.97 Å². The molecule has 0 aromatic rings. The van der Waals surface area contributed by atoms with E-state index in [1.165, 1.54) is 6.92 Å². The van der Waals surface area contributed by atoms with E-state index in [1.807, 2.05) is 0 Å². The molecule has 0 aliphatic heterocycles. The van der Waals surface area contributed by atoms with Gasteiger partial charge >= 0.3 is 5.97 Å². The molecule has 0 radical (unpaired) electrons. The first-order chi connectivity index (χ1) is 2.77. The molecule has 0 aliphatic carbocycles. The predicted octanol–water partition coefficient (Wildman–Crippen LogP) is 0.873. The van der Waals surface area contributed by atoms with Crippen LogP contribution in [0.5, 0.6) is 0 Å². The molecule has 0 aliphatic rings. The van der Waals surface area contributed by atoms with Gasteiger partial charge in [-0.1, -0.05) is 0 Å². The molecule has 0 unspecified atom stereocenters. The van der Waals surface area contributed by atoms with Gasteiger partial charge in [0.2, 0.25) is 7.58 Å². The Morgan fingerprint density at radius 1 is 2.00 bits per heavy atom. The highest BCUT2D eigenvalue weighted by Gasteiger charge is 1.81. The summed E-state index contributed by atoms with van der Waals surface area (Å²) < 4.78 is 4.19. The summed E-state index contributed by atoms with van der Waals surface area (Å²) in [6.45, 7) is 1.32. The maximum atomic E-state index is 9.75. The van der Waals surface area contributed by atoms with E-state index in [9.17, 15) is 4.79 Å². The first kappa shape index (κ1) is 5.99. The van der Waals surface area contributed by atoms with Crippen LogP contribution >= 0.6 is 7.58 Å². The summed E-state index contributed by atoms with van der Waals surface area (Å²) in [6.07, 6.45) is 0. The molecule has 0 aromatic heterocycles. The van der Waals surface area contributed by atoms with Crippen LogP contribution in [0.4, 0.5) is 0 Å². The van der Waals surface area contributed by atoms with Crippen molar-refractivity contribution >= 4 is 25.4 Å². The third-order valence-electron chi connectivity index (χ3n) is 0.166. The predicted molar refractivity (Wildman–Crippen MR) is 26.1 cm³/mol. The Bertz CT molecular complexity index is 71.9. The molecule has 2 nitrogen and oxygen atoms in total. The molecule has 0 rings (SSSR count). The molecular weight excluding hydrogens is 119 g/mol. The van der Waals surface area contributed by atoms with Gasteiger partial charge in [-0.2, -0.15) is 0 Å². The zero-order chi connectivity index (χ0) is 4.99. The van der Waals surface area contributed by atoms with Crippen LogP contribution < -0.4 is 0 Å². The fourth-order valence-corrected chi connectivity index (χ4v) is 0.472. The molecule has 34 valence electrons. The average Bonchev–Trinajstić information content (AvgIpc) is 1.35. The highest BCUT2D eigenvalue weighted by Crippen LogP contribution is 1.92. The highest BCUT2D eigenvalue weighted by molar-refractivity contribution is 7.94. The molecule has 0 aromatic carbocycles. The summed E-state index contributed by atoms with van der Waals surface area (Å²) in [7, 11) is 0.258. The lowest BCUT2D eigenvalue weighted by Gasteiger charge is -1.79. The van der Waals surface area contributed by atoms with E-state index in [0.29, 0.717) is 0 Å². The molecule has 4 heteroatoms. The van der Waals surface area contributed by atoms with Gasteiger partial charge in [0.25, 0.3) is 0 Å². The number of rotatable bonds is 1. The lowest BCUT2D eigenvalue weighted by Crippen LogP contribution is -1.83. The third-order valence-corrected chi connectivity index (χ3v) is 0.721. The zero-order valence-corrected chi connectivity index (χ0v) is 4.88. The second kappa shape index (κ2) is 3.19. The Morgan fingerprint density at radius 2 is 2.50 bits per heavy atom. The number of hydrogen-bond donors (Lipinski definition) is 0. The van der Waals surface area contributed by atoms with Gasteiger partial charge in [-0.05, 0) is 11.8 Å². The lowest BCUT2D eigenvalue weighted by atomic mass is 10.9. The van der Waals surface area contributed by atoms with E-state index < -0.39 is 0 Å². The minimum atomic E-state index is -0.327. The second-order valence-corrected chi connectivity index (χ2v) is 1.44. The Kier molecular flexibility index (Phi) is 3.19. The summed E-state index contributed by atoms with van der Waals surface area (Å²) >= 11 is 4.26. The summed E-state index contributed by atoms with van der Waals surface area (Å²) in [6, 6.07) is 0. The Labute approximate surface area is 42.4 Å². The summed E-state index contributed by atoms with van der Waals surface area (Å²) in [5, 5.41) is 0. The van der Waals surface area contributed by atoms with Crippen molar-refractivity contribution in [2.45, 2.75) is 6.92 Å². The smallest absolute Gasteiger partial charge is 0.311 e. The molecule has 0 saturated heterocycles. The van der Waals surface area contributed by atoms with Gasteiger partial charge < -0.3 is 4.52 Å². The van der Waals surface area contributed by atoms with Crippen LogP contribution in [0.2, 0.25) is 0 Å². The average molecular weight is 122 g/mol. The summed E-state index contributed by atoms with van der Waals surface area (Å²) in [4.78, 5) is 9.75. The maximum Gasteiger partial charge on any atom is 0.311 e. The quantitative estimate of drug-likeness (QED) is 0.483. The Balaban J connectivity index is 3.05. The molecular formula is C2H3O2PS. The van der Waals surface area contributed by atoms with Gasteiger partial charge in [0.1, 0.15) is 0 Å². The van der Waals surface area contributed by atoms with Gasteiger partial charge in [0.05, 0.1) is 0 Å². The molecule has 0 spiro atoms. The van der Waals surface area contributed by atoms with Gasteiger partial charge in [-0.3, -0.25) is 4.79 Å². The number of hydrogen-bond acceptors (Lipinski definition) is 3. The fourth-order valence-electron chi connectivity index (χ4n) is 0.0525. The monoisotopic (exact) mass is 122 g/mol. The second-order valence-electron chi connectivity index (χ2n) is 0.657. The van der Waals surface area contributed by atoms with E-state index in [-0.39, 0.29) is 13.6 Å². The van der Waals surface area contributed by atoms with Crippen molar-refractivity contribution in [3.05, 3.63) is 0 Å². The van der Waals surface area contributed by atoms with Crippen molar-refractivity contribution in [3.8, 4) is 0 Å². The van der Waals surface area contributed by atoms with Crippen molar-refractivity contribution in [1.29, 1.82) is 0 Å². The van der Waals surface area contributed by atoms with Crippen LogP contribution in [-0.2, 0) is 21.1 Å². The lowest BCUT2D eigenvalue weighted by molar-refractivity contribution is -0.130. The van der Waals surface area contributed by atoms with E-state index in [4.69, 9.17) is 0 Å². The van der Waals surface area contributed by atoms with Gasteiger partial charge in [0.15, 0.2) is 0 Å². The topological polar surface area (TPSA) is 26.3 Å². The largest absolute Gasteiger partial charge is 0.396 e. The molecule has 6 heavy (non-hydrogen) atoms.